The van der Waals surface area contributed by atoms with Crippen LogP contribution in [0.4, 0.5) is 0 Å². The molecule has 1 fully saturated rings. The van der Waals surface area contributed by atoms with Crippen LogP contribution in [0.15, 0.2) is 0 Å². The molecular formula is C15H25ClN2O. The van der Waals surface area contributed by atoms with E-state index in [0.717, 1.165) is 30.1 Å². The molecule has 0 aromatic carbocycles. The van der Waals surface area contributed by atoms with E-state index in [1.165, 1.54) is 19.3 Å². The maximum Gasteiger partial charge on any atom is 0.0847 e. The van der Waals surface area contributed by atoms with E-state index >= 15 is 0 Å². The lowest BCUT2D eigenvalue weighted by Crippen LogP contribution is -2.28. The number of rotatable bonds is 4. The van der Waals surface area contributed by atoms with Crippen molar-refractivity contribution in [2.45, 2.75) is 58.5 Å². The van der Waals surface area contributed by atoms with E-state index in [9.17, 15) is 5.11 Å². The molecule has 0 bridgehead atoms. The van der Waals surface area contributed by atoms with Crippen LogP contribution in [0.3, 0.4) is 0 Å². The minimum Gasteiger partial charge on any atom is -0.392 e. The highest BCUT2D eigenvalue weighted by atomic mass is 35.5. The lowest BCUT2D eigenvalue weighted by atomic mass is 9.77. The van der Waals surface area contributed by atoms with Crippen molar-refractivity contribution in [3.05, 3.63) is 16.4 Å². The standard InChI is InChI=1S/C15H25ClN2O/c1-4-11-5-7-12(8-6-11)14(19)9-13-15(16)10(2)17-18(13)3/h11-12,14,19H,4-9H2,1-3H3. The molecule has 1 aromatic rings. The van der Waals surface area contributed by atoms with Crippen LogP contribution in [0.1, 0.15) is 50.4 Å². The summed E-state index contributed by atoms with van der Waals surface area (Å²) in [7, 11) is 1.90. The molecular weight excluding hydrogens is 260 g/mol. The number of aromatic nitrogens is 2. The van der Waals surface area contributed by atoms with Gasteiger partial charge in [0, 0.05) is 13.5 Å². The molecule has 0 amide bonds. The van der Waals surface area contributed by atoms with Gasteiger partial charge in [-0.25, -0.2) is 0 Å². The molecule has 1 N–H and O–H groups in total. The van der Waals surface area contributed by atoms with Crippen LogP contribution in [-0.2, 0) is 13.5 Å². The van der Waals surface area contributed by atoms with Gasteiger partial charge in [-0.1, -0.05) is 37.8 Å². The molecule has 1 aromatic heterocycles. The Balaban J connectivity index is 1.96. The number of aliphatic hydroxyl groups excluding tert-OH is 1. The molecule has 108 valence electrons. The van der Waals surface area contributed by atoms with Gasteiger partial charge in [0.15, 0.2) is 0 Å². The number of nitrogens with zero attached hydrogens (tertiary/aromatic N) is 2. The van der Waals surface area contributed by atoms with E-state index < -0.39 is 0 Å². The second-order valence-electron chi connectivity index (χ2n) is 5.93. The second-order valence-corrected chi connectivity index (χ2v) is 6.31. The zero-order valence-corrected chi connectivity index (χ0v) is 13.0. The van der Waals surface area contributed by atoms with E-state index in [0.29, 0.717) is 17.4 Å². The van der Waals surface area contributed by atoms with Gasteiger partial charge < -0.3 is 5.11 Å². The fourth-order valence-electron chi connectivity index (χ4n) is 3.25. The van der Waals surface area contributed by atoms with Gasteiger partial charge in [-0.3, -0.25) is 4.68 Å². The average Bonchev–Trinajstić information content (AvgIpc) is 2.65. The second kappa shape index (κ2) is 6.27. The quantitative estimate of drug-likeness (QED) is 0.919. The molecule has 4 heteroatoms. The Kier molecular flexibility index (Phi) is 4.91. The van der Waals surface area contributed by atoms with Crippen molar-refractivity contribution in [1.29, 1.82) is 0 Å². The molecule has 3 nitrogen and oxygen atoms in total. The van der Waals surface area contributed by atoms with Crippen LogP contribution in [0, 0.1) is 18.8 Å². The molecule has 1 unspecified atom stereocenters. The Morgan fingerprint density at radius 3 is 2.47 bits per heavy atom. The van der Waals surface area contributed by atoms with Gasteiger partial charge in [-0.2, -0.15) is 5.10 Å². The van der Waals surface area contributed by atoms with Crippen LogP contribution in [0.5, 0.6) is 0 Å². The summed E-state index contributed by atoms with van der Waals surface area (Å²) >= 11 is 6.25. The summed E-state index contributed by atoms with van der Waals surface area (Å²) in [5.74, 6) is 1.29. The van der Waals surface area contributed by atoms with Crippen LogP contribution < -0.4 is 0 Å². The number of hydrogen-bond acceptors (Lipinski definition) is 2. The lowest BCUT2D eigenvalue weighted by molar-refractivity contribution is 0.0720. The number of halogens is 1. The Morgan fingerprint density at radius 1 is 1.37 bits per heavy atom. The van der Waals surface area contributed by atoms with Gasteiger partial charge in [-0.05, 0) is 31.6 Å². The smallest absolute Gasteiger partial charge is 0.0847 e. The van der Waals surface area contributed by atoms with Crippen molar-refractivity contribution < 1.29 is 5.11 Å². The molecule has 2 rings (SSSR count). The highest BCUT2D eigenvalue weighted by Crippen LogP contribution is 2.34. The Labute approximate surface area is 121 Å². The van der Waals surface area contributed by atoms with Gasteiger partial charge in [0.2, 0.25) is 0 Å². The van der Waals surface area contributed by atoms with E-state index in [4.69, 9.17) is 11.6 Å². The Bertz CT molecular complexity index is 422. The van der Waals surface area contributed by atoms with E-state index in [1.54, 1.807) is 4.68 Å². The topological polar surface area (TPSA) is 38.1 Å². The van der Waals surface area contributed by atoms with Gasteiger partial charge in [-0.15, -0.1) is 0 Å². The van der Waals surface area contributed by atoms with Crippen molar-refractivity contribution >= 4 is 11.6 Å². The Morgan fingerprint density at radius 2 is 2.00 bits per heavy atom. The van der Waals surface area contributed by atoms with Gasteiger partial charge in [0.25, 0.3) is 0 Å². The van der Waals surface area contributed by atoms with Crippen LogP contribution in [0.25, 0.3) is 0 Å². The van der Waals surface area contributed by atoms with Crippen molar-refractivity contribution in [1.82, 2.24) is 9.78 Å². The molecule has 1 atom stereocenters. The summed E-state index contributed by atoms with van der Waals surface area (Å²) in [5.41, 5.74) is 1.81. The maximum absolute atomic E-state index is 10.4. The predicted octanol–water partition coefficient (Wildman–Crippen LogP) is 3.50. The summed E-state index contributed by atoms with van der Waals surface area (Å²) in [6, 6.07) is 0. The van der Waals surface area contributed by atoms with Crippen molar-refractivity contribution in [2.75, 3.05) is 0 Å². The summed E-state index contributed by atoms with van der Waals surface area (Å²) in [6.07, 6.45) is 6.42. The first-order valence-corrected chi connectivity index (χ1v) is 7.76. The van der Waals surface area contributed by atoms with Crippen LogP contribution >= 0.6 is 11.6 Å². The first-order valence-electron chi connectivity index (χ1n) is 7.39. The van der Waals surface area contributed by atoms with Crippen LogP contribution in [0.2, 0.25) is 5.02 Å². The minimum atomic E-state index is -0.287. The number of hydrogen-bond donors (Lipinski definition) is 1. The van der Waals surface area contributed by atoms with Gasteiger partial charge in [0.05, 0.1) is 22.5 Å². The lowest BCUT2D eigenvalue weighted by Gasteiger charge is -2.31. The summed E-state index contributed by atoms with van der Waals surface area (Å²) in [6.45, 7) is 4.17. The normalized spacial score (nSPS) is 25.5. The fraction of sp³-hybridized carbons (Fsp3) is 0.800. The molecule has 1 saturated carbocycles. The van der Waals surface area contributed by atoms with Gasteiger partial charge in [0.1, 0.15) is 0 Å². The van der Waals surface area contributed by atoms with E-state index in [1.807, 2.05) is 14.0 Å². The fourth-order valence-corrected chi connectivity index (χ4v) is 3.49. The average molecular weight is 285 g/mol. The molecule has 0 radical (unpaired) electrons. The molecule has 1 heterocycles. The highest BCUT2D eigenvalue weighted by molar-refractivity contribution is 6.31. The third-order valence-corrected chi connectivity index (χ3v) is 5.17. The Hall–Kier alpha value is -0.540. The van der Waals surface area contributed by atoms with E-state index in [2.05, 4.69) is 12.0 Å². The summed E-state index contributed by atoms with van der Waals surface area (Å²) in [4.78, 5) is 0. The molecule has 0 spiro atoms. The van der Waals surface area contributed by atoms with Crippen molar-refractivity contribution in [2.24, 2.45) is 18.9 Å². The summed E-state index contributed by atoms with van der Waals surface area (Å²) < 4.78 is 1.80. The first kappa shape index (κ1) is 14.9. The molecule has 0 aliphatic heterocycles. The first-order chi connectivity index (χ1) is 9.02. The van der Waals surface area contributed by atoms with E-state index in [-0.39, 0.29) is 6.10 Å². The number of aryl methyl sites for hydroxylation is 2. The maximum atomic E-state index is 10.4. The van der Waals surface area contributed by atoms with Gasteiger partial charge >= 0.3 is 0 Å². The van der Waals surface area contributed by atoms with Crippen molar-refractivity contribution in [3.8, 4) is 0 Å². The van der Waals surface area contributed by atoms with Crippen molar-refractivity contribution in [3.63, 3.8) is 0 Å². The zero-order valence-electron chi connectivity index (χ0n) is 12.2. The predicted molar refractivity (Wildman–Crippen MR) is 78.4 cm³/mol. The third kappa shape index (κ3) is 3.32. The SMILES string of the molecule is CCC1CCC(C(O)Cc2c(Cl)c(C)nn2C)CC1. The largest absolute Gasteiger partial charge is 0.392 e. The molecule has 1 aliphatic carbocycles. The molecule has 1 aliphatic rings. The third-order valence-electron chi connectivity index (χ3n) is 4.68. The molecule has 19 heavy (non-hydrogen) atoms. The molecule has 0 saturated heterocycles. The zero-order chi connectivity index (χ0) is 14.0. The highest BCUT2D eigenvalue weighted by Gasteiger charge is 2.27. The number of aliphatic hydroxyl groups is 1. The van der Waals surface area contributed by atoms with Crippen LogP contribution in [-0.4, -0.2) is 21.0 Å². The minimum absolute atomic E-state index is 0.287. The summed E-state index contributed by atoms with van der Waals surface area (Å²) in [5, 5.41) is 15.5. The monoisotopic (exact) mass is 284 g/mol.